The molecule has 10 nitrogen and oxygen atoms in total. The maximum atomic E-state index is 12.8. The van der Waals surface area contributed by atoms with Crippen LogP contribution in [0.25, 0.3) is 0 Å². The van der Waals surface area contributed by atoms with Crippen molar-refractivity contribution in [2.24, 2.45) is 0 Å². The van der Waals surface area contributed by atoms with Gasteiger partial charge in [-0.25, -0.2) is 4.98 Å². The van der Waals surface area contributed by atoms with Crippen molar-refractivity contribution in [3.63, 3.8) is 0 Å². The number of imide groups is 1. The molecule has 1 saturated heterocycles. The van der Waals surface area contributed by atoms with Gasteiger partial charge < -0.3 is 19.9 Å². The van der Waals surface area contributed by atoms with Gasteiger partial charge in [0.25, 0.3) is 11.8 Å². The zero-order chi connectivity index (χ0) is 26.6. The fourth-order valence-electron chi connectivity index (χ4n) is 4.73. The summed E-state index contributed by atoms with van der Waals surface area (Å²) in [5.41, 5.74) is 2.60. The van der Waals surface area contributed by atoms with E-state index in [1.165, 1.54) is 4.90 Å². The summed E-state index contributed by atoms with van der Waals surface area (Å²) < 4.78 is 5.21. The Bertz CT molecular complexity index is 1320. The molecule has 0 bridgehead atoms. The Kier molecular flexibility index (Phi) is 7.21. The average molecular weight is 515 g/mol. The molecule has 0 atom stereocenters. The lowest BCUT2D eigenvalue weighted by atomic mass is 10.1. The topological polar surface area (TPSA) is 108 Å². The van der Waals surface area contributed by atoms with Crippen LogP contribution < -0.4 is 15.0 Å². The number of rotatable bonds is 8. The highest BCUT2D eigenvalue weighted by atomic mass is 16.5. The monoisotopic (exact) mass is 514 g/mol. The van der Waals surface area contributed by atoms with Crippen LogP contribution in [-0.2, 0) is 4.79 Å². The summed E-state index contributed by atoms with van der Waals surface area (Å²) in [5, 5.41) is 3.31. The number of nitrogens with one attached hydrogen (secondary N) is 1. The summed E-state index contributed by atoms with van der Waals surface area (Å²) in [6.45, 7) is 4.53. The number of nitrogens with zero attached hydrogens (tertiary/aromatic N) is 5. The van der Waals surface area contributed by atoms with E-state index in [0.29, 0.717) is 55.5 Å². The summed E-state index contributed by atoms with van der Waals surface area (Å²) in [6, 6.07) is 16.3. The van der Waals surface area contributed by atoms with Crippen molar-refractivity contribution in [1.29, 1.82) is 0 Å². The highest BCUT2D eigenvalue weighted by Gasteiger charge is 2.34. The van der Waals surface area contributed by atoms with E-state index in [1.54, 1.807) is 31.4 Å². The number of fused-ring (bicyclic) bond motifs is 1. The van der Waals surface area contributed by atoms with E-state index in [1.807, 2.05) is 42.2 Å². The van der Waals surface area contributed by atoms with E-state index in [4.69, 9.17) is 4.74 Å². The van der Waals surface area contributed by atoms with Crippen molar-refractivity contribution in [3.05, 3.63) is 71.4 Å². The van der Waals surface area contributed by atoms with Crippen LogP contribution in [-0.4, -0.2) is 77.3 Å². The minimum absolute atomic E-state index is 0.0216. The summed E-state index contributed by atoms with van der Waals surface area (Å²) >= 11 is 0. The Hall–Kier alpha value is -4.47. The first-order valence-electron chi connectivity index (χ1n) is 12.7. The molecule has 38 heavy (non-hydrogen) atoms. The van der Waals surface area contributed by atoms with E-state index < -0.39 is 0 Å². The minimum Gasteiger partial charge on any atom is -0.497 e. The fourth-order valence-corrected chi connectivity index (χ4v) is 4.73. The average Bonchev–Trinajstić information content (AvgIpc) is 3.18. The van der Waals surface area contributed by atoms with Gasteiger partial charge in [0.05, 0.1) is 18.2 Å². The van der Waals surface area contributed by atoms with Gasteiger partial charge >= 0.3 is 0 Å². The molecule has 5 rings (SSSR count). The Morgan fingerprint density at radius 2 is 1.61 bits per heavy atom. The number of methoxy groups -OCH3 is 1. The molecule has 2 aliphatic rings. The summed E-state index contributed by atoms with van der Waals surface area (Å²) in [5.74, 6) is 1.55. The molecule has 0 radical (unpaired) electrons. The maximum Gasteiger partial charge on any atom is 0.261 e. The Balaban J connectivity index is 1.12. The van der Waals surface area contributed by atoms with Gasteiger partial charge in [-0.05, 0) is 49.7 Å². The van der Waals surface area contributed by atoms with E-state index in [-0.39, 0.29) is 30.7 Å². The van der Waals surface area contributed by atoms with E-state index >= 15 is 0 Å². The highest BCUT2D eigenvalue weighted by molar-refractivity contribution is 6.21. The predicted octanol–water partition coefficient (Wildman–Crippen LogP) is 3.26. The van der Waals surface area contributed by atoms with Gasteiger partial charge in [0.1, 0.15) is 11.6 Å². The molecule has 0 unspecified atom stereocenters. The van der Waals surface area contributed by atoms with Crippen LogP contribution in [0.15, 0.2) is 54.6 Å². The third kappa shape index (κ3) is 5.29. The zero-order valence-electron chi connectivity index (χ0n) is 21.5. The van der Waals surface area contributed by atoms with Gasteiger partial charge in [0, 0.05) is 56.6 Å². The summed E-state index contributed by atoms with van der Waals surface area (Å²) in [6.07, 6.45) is 0.718. The summed E-state index contributed by atoms with van der Waals surface area (Å²) in [7, 11) is 1.63. The predicted molar refractivity (Wildman–Crippen MR) is 143 cm³/mol. The third-order valence-corrected chi connectivity index (χ3v) is 6.77. The number of benzene rings is 2. The van der Waals surface area contributed by atoms with Crippen LogP contribution in [0.3, 0.4) is 0 Å². The van der Waals surface area contributed by atoms with Crippen molar-refractivity contribution in [3.8, 4) is 5.75 Å². The Morgan fingerprint density at radius 1 is 0.947 bits per heavy atom. The first-order valence-corrected chi connectivity index (χ1v) is 12.7. The standard InChI is InChI=1S/C28H30N6O4/c1-19-18-24(30-20-9-11-21(38-2)12-10-20)31-28(29-19)33-16-14-32(15-17-33)25(35)8-5-13-34-26(36)22-6-3-4-7-23(22)27(34)37/h3-4,6-7,9-12,18H,5,8,13-17H2,1-2H3,(H,29,30,31). The van der Waals surface area contributed by atoms with Crippen LogP contribution in [0.1, 0.15) is 39.3 Å². The number of anilines is 3. The lowest BCUT2D eigenvalue weighted by Gasteiger charge is -2.35. The molecule has 196 valence electrons. The van der Waals surface area contributed by atoms with Crippen LogP contribution in [0.5, 0.6) is 5.75 Å². The quantitative estimate of drug-likeness (QED) is 0.457. The molecule has 3 aromatic rings. The fraction of sp³-hybridized carbons (Fsp3) is 0.321. The van der Waals surface area contributed by atoms with Crippen molar-refractivity contribution in [2.45, 2.75) is 19.8 Å². The number of carbonyl (C=O) groups is 3. The molecular weight excluding hydrogens is 484 g/mol. The van der Waals surface area contributed by atoms with Gasteiger partial charge in [-0.2, -0.15) is 4.98 Å². The van der Waals surface area contributed by atoms with E-state index in [2.05, 4.69) is 20.2 Å². The molecule has 3 heterocycles. The number of carbonyl (C=O) groups excluding carboxylic acids is 3. The van der Waals surface area contributed by atoms with Crippen LogP contribution in [0, 0.1) is 6.92 Å². The summed E-state index contributed by atoms with van der Waals surface area (Å²) in [4.78, 5) is 52.3. The van der Waals surface area contributed by atoms with Crippen LogP contribution in [0.2, 0.25) is 0 Å². The lowest BCUT2D eigenvalue weighted by Crippen LogP contribution is -2.49. The molecule has 3 amide bonds. The maximum absolute atomic E-state index is 12.8. The number of ether oxygens (including phenoxy) is 1. The van der Waals surface area contributed by atoms with Crippen molar-refractivity contribution in [2.75, 3.05) is 50.1 Å². The molecule has 0 spiro atoms. The Labute approximate surface area is 221 Å². The normalized spacial score (nSPS) is 15.1. The van der Waals surface area contributed by atoms with Crippen molar-refractivity contribution < 1.29 is 19.1 Å². The van der Waals surface area contributed by atoms with Crippen molar-refractivity contribution in [1.82, 2.24) is 19.8 Å². The van der Waals surface area contributed by atoms with Crippen molar-refractivity contribution >= 4 is 35.2 Å². The second-order valence-corrected chi connectivity index (χ2v) is 9.33. The van der Waals surface area contributed by atoms with Crippen LogP contribution >= 0.6 is 0 Å². The van der Waals surface area contributed by atoms with Gasteiger partial charge in [-0.15, -0.1) is 0 Å². The Morgan fingerprint density at radius 3 is 2.24 bits per heavy atom. The number of aryl methyl sites for hydroxylation is 1. The largest absolute Gasteiger partial charge is 0.497 e. The van der Waals surface area contributed by atoms with Gasteiger partial charge in [0.2, 0.25) is 11.9 Å². The smallest absolute Gasteiger partial charge is 0.261 e. The van der Waals surface area contributed by atoms with Gasteiger partial charge in [-0.1, -0.05) is 12.1 Å². The molecule has 1 fully saturated rings. The second kappa shape index (κ2) is 10.9. The second-order valence-electron chi connectivity index (χ2n) is 9.33. The molecule has 2 aliphatic heterocycles. The van der Waals surface area contributed by atoms with Gasteiger partial charge in [0.15, 0.2) is 0 Å². The van der Waals surface area contributed by atoms with E-state index in [9.17, 15) is 14.4 Å². The SMILES string of the molecule is COc1ccc(Nc2cc(C)nc(N3CCN(C(=O)CCCN4C(=O)c5ccccc5C4=O)CC3)n2)cc1. The first kappa shape index (κ1) is 25.2. The number of hydrogen-bond acceptors (Lipinski definition) is 8. The number of hydrogen-bond donors (Lipinski definition) is 1. The highest BCUT2D eigenvalue weighted by Crippen LogP contribution is 2.24. The van der Waals surface area contributed by atoms with Crippen LogP contribution in [0.4, 0.5) is 17.5 Å². The number of amides is 3. The molecule has 1 aromatic heterocycles. The molecule has 2 aromatic carbocycles. The molecule has 0 aliphatic carbocycles. The molecular formula is C28H30N6O4. The first-order chi connectivity index (χ1) is 18.4. The zero-order valence-corrected chi connectivity index (χ0v) is 21.5. The number of aromatic nitrogens is 2. The lowest BCUT2D eigenvalue weighted by molar-refractivity contribution is -0.131. The minimum atomic E-state index is -0.286. The number of piperazine rings is 1. The van der Waals surface area contributed by atoms with Gasteiger partial charge in [-0.3, -0.25) is 19.3 Å². The molecule has 10 heteroatoms. The third-order valence-electron chi connectivity index (χ3n) is 6.77. The molecule has 0 saturated carbocycles. The molecule has 1 N–H and O–H groups in total. The van der Waals surface area contributed by atoms with E-state index in [0.717, 1.165) is 17.1 Å².